The fourth-order valence-corrected chi connectivity index (χ4v) is 3.58. The Morgan fingerprint density at radius 1 is 1.15 bits per heavy atom. The van der Waals surface area contributed by atoms with Crippen LogP contribution in [0.1, 0.15) is 36.6 Å². The molecule has 1 aliphatic rings. The molecule has 1 fully saturated rings. The van der Waals surface area contributed by atoms with E-state index in [-0.39, 0.29) is 28.3 Å². The SMILES string of the molecule is Cc1ccc(NS(=O)(=O)c2ccc(-c3nnc(C4CCC4)o3)o2)cc1F. The van der Waals surface area contributed by atoms with E-state index in [1.54, 1.807) is 6.92 Å². The fourth-order valence-electron chi connectivity index (χ4n) is 2.60. The second-order valence-electron chi connectivity index (χ2n) is 6.26. The van der Waals surface area contributed by atoms with E-state index in [0.717, 1.165) is 25.3 Å². The van der Waals surface area contributed by atoms with E-state index in [4.69, 9.17) is 8.83 Å². The summed E-state index contributed by atoms with van der Waals surface area (Å²) in [6, 6.07) is 6.81. The molecule has 0 aliphatic heterocycles. The molecule has 2 aromatic heterocycles. The second kappa shape index (κ2) is 6.24. The first kappa shape index (κ1) is 16.8. The summed E-state index contributed by atoms with van der Waals surface area (Å²) in [5.74, 6) is 0.612. The van der Waals surface area contributed by atoms with E-state index in [1.807, 2.05) is 0 Å². The van der Waals surface area contributed by atoms with Gasteiger partial charge < -0.3 is 8.83 Å². The first-order valence-corrected chi connectivity index (χ1v) is 9.63. The molecule has 9 heteroatoms. The van der Waals surface area contributed by atoms with Crippen LogP contribution in [-0.4, -0.2) is 18.6 Å². The van der Waals surface area contributed by atoms with E-state index >= 15 is 0 Å². The van der Waals surface area contributed by atoms with Gasteiger partial charge in [-0.1, -0.05) is 12.5 Å². The van der Waals surface area contributed by atoms with Gasteiger partial charge >= 0.3 is 0 Å². The van der Waals surface area contributed by atoms with E-state index < -0.39 is 15.8 Å². The Hall–Kier alpha value is -2.68. The number of hydrogen-bond acceptors (Lipinski definition) is 6. The molecule has 1 N–H and O–H groups in total. The van der Waals surface area contributed by atoms with Crippen molar-refractivity contribution in [3.05, 3.63) is 47.6 Å². The molecule has 136 valence electrons. The monoisotopic (exact) mass is 377 g/mol. The number of benzene rings is 1. The zero-order chi connectivity index (χ0) is 18.3. The standard InChI is InChI=1S/C17H16FN3O4S/c1-10-5-6-12(9-13(10)18)21-26(22,23)15-8-7-14(24-15)17-20-19-16(25-17)11-3-2-4-11/h5-9,11,21H,2-4H2,1H3. The summed E-state index contributed by atoms with van der Waals surface area (Å²) in [6.45, 7) is 1.59. The lowest BCUT2D eigenvalue weighted by atomic mass is 9.85. The molecule has 26 heavy (non-hydrogen) atoms. The number of aryl methyl sites for hydroxylation is 1. The minimum atomic E-state index is -4.01. The zero-order valence-corrected chi connectivity index (χ0v) is 14.7. The maximum atomic E-state index is 13.6. The normalized spacial score (nSPS) is 15.0. The average Bonchev–Trinajstić information content (AvgIpc) is 3.18. The van der Waals surface area contributed by atoms with Crippen LogP contribution in [0.4, 0.5) is 10.1 Å². The van der Waals surface area contributed by atoms with Gasteiger partial charge in [0.15, 0.2) is 5.76 Å². The van der Waals surface area contributed by atoms with Crippen LogP contribution in [0.2, 0.25) is 0 Å². The summed E-state index contributed by atoms with van der Waals surface area (Å²) in [5, 5.41) is 7.58. The van der Waals surface area contributed by atoms with Crippen LogP contribution >= 0.6 is 0 Å². The van der Waals surface area contributed by atoms with Gasteiger partial charge in [-0.25, -0.2) is 4.39 Å². The molecule has 0 bridgehead atoms. The van der Waals surface area contributed by atoms with Crippen molar-refractivity contribution in [2.24, 2.45) is 0 Å². The van der Waals surface area contributed by atoms with Gasteiger partial charge in [-0.2, -0.15) is 8.42 Å². The van der Waals surface area contributed by atoms with Crippen LogP contribution in [-0.2, 0) is 10.0 Å². The molecule has 0 spiro atoms. The predicted molar refractivity (Wildman–Crippen MR) is 90.5 cm³/mol. The number of sulfonamides is 1. The van der Waals surface area contributed by atoms with E-state index in [1.165, 1.54) is 24.3 Å². The molecule has 0 atom stereocenters. The molecule has 7 nitrogen and oxygen atoms in total. The molecule has 1 aliphatic carbocycles. The second-order valence-corrected chi connectivity index (χ2v) is 7.87. The van der Waals surface area contributed by atoms with Gasteiger partial charge in [-0.3, -0.25) is 4.72 Å². The third kappa shape index (κ3) is 3.10. The van der Waals surface area contributed by atoms with Crippen molar-refractivity contribution in [2.45, 2.75) is 37.2 Å². The molecular formula is C17H16FN3O4S. The number of anilines is 1. The highest BCUT2D eigenvalue weighted by Crippen LogP contribution is 2.36. The van der Waals surface area contributed by atoms with Crippen LogP contribution < -0.4 is 4.72 Å². The quantitative estimate of drug-likeness (QED) is 0.725. The summed E-state index contributed by atoms with van der Waals surface area (Å²) in [4.78, 5) is 0. The Kier molecular flexibility index (Phi) is 4.03. The highest BCUT2D eigenvalue weighted by atomic mass is 32.2. The van der Waals surface area contributed by atoms with Crippen LogP contribution in [0.3, 0.4) is 0 Å². The molecule has 4 rings (SSSR count). The summed E-state index contributed by atoms with van der Waals surface area (Å²) < 4.78 is 51.6. The van der Waals surface area contributed by atoms with Gasteiger partial charge in [-0.05, 0) is 49.6 Å². The van der Waals surface area contributed by atoms with Crippen LogP contribution in [0, 0.1) is 12.7 Å². The predicted octanol–water partition coefficient (Wildman–Crippen LogP) is 3.85. The highest BCUT2D eigenvalue weighted by molar-refractivity contribution is 7.92. The molecule has 0 saturated heterocycles. The summed E-state index contributed by atoms with van der Waals surface area (Å²) in [6.07, 6.45) is 3.16. The molecule has 3 aromatic rings. The number of rotatable bonds is 5. The molecule has 0 amide bonds. The minimum absolute atomic E-state index is 0.108. The van der Waals surface area contributed by atoms with Gasteiger partial charge in [0.1, 0.15) is 5.82 Å². The molecule has 0 unspecified atom stereocenters. The summed E-state index contributed by atoms with van der Waals surface area (Å²) in [7, 11) is -4.01. The Bertz CT molecular complexity index is 1050. The number of nitrogens with one attached hydrogen (secondary N) is 1. The van der Waals surface area contributed by atoms with Gasteiger partial charge in [0.25, 0.3) is 15.9 Å². The smallest absolute Gasteiger partial charge is 0.295 e. The average molecular weight is 377 g/mol. The van der Waals surface area contributed by atoms with E-state index in [2.05, 4.69) is 14.9 Å². The number of hydrogen-bond donors (Lipinski definition) is 1. The van der Waals surface area contributed by atoms with Crippen molar-refractivity contribution in [3.8, 4) is 11.7 Å². The van der Waals surface area contributed by atoms with Crippen LogP contribution in [0.25, 0.3) is 11.7 Å². The molecule has 1 saturated carbocycles. The highest BCUT2D eigenvalue weighted by Gasteiger charge is 2.27. The number of aromatic nitrogens is 2. The summed E-state index contributed by atoms with van der Waals surface area (Å²) in [5.41, 5.74) is 0.531. The third-order valence-corrected chi connectivity index (χ3v) is 5.63. The third-order valence-electron chi connectivity index (χ3n) is 4.38. The molecular weight excluding hydrogens is 361 g/mol. The number of halogens is 1. The van der Waals surface area contributed by atoms with Gasteiger partial charge in [0, 0.05) is 5.92 Å². The lowest BCUT2D eigenvalue weighted by Gasteiger charge is -2.20. The molecule has 2 heterocycles. The zero-order valence-electron chi connectivity index (χ0n) is 13.9. The van der Waals surface area contributed by atoms with Crippen molar-refractivity contribution in [1.82, 2.24) is 10.2 Å². The van der Waals surface area contributed by atoms with Gasteiger partial charge in [-0.15, -0.1) is 10.2 Å². The first-order valence-electron chi connectivity index (χ1n) is 8.15. The largest absolute Gasteiger partial charge is 0.438 e. The van der Waals surface area contributed by atoms with Gasteiger partial charge in [0.2, 0.25) is 11.0 Å². The van der Waals surface area contributed by atoms with Crippen molar-refractivity contribution in [3.63, 3.8) is 0 Å². The van der Waals surface area contributed by atoms with Crippen molar-refractivity contribution < 1.29 is 21.6 Å². The van der Waals surface area contributed by atoms with Crippen molar-refractivity contribution >= 4 is 15.7 Å². The van der Waals surface area contributed by atoms with Crippen LogP contribution in [0.5, 0.6) is 0 Å². The van der Waals surface area contributed by atoms with E-state index in [9.17, 15) is 12.8 Å². The van der Waals surface area contributed by atoms with Crippen LogP contribution in [0.15, 0.2) is 44.3 Å². The number of nitrogens with zero attached hydrogens (tertiary/aromatic N) is 2. The van der Waals surface area contributed by atoms with E-state index in [0.29, 0.717) is 11.5 Å². The molecule has 1 aromatic carbocycles. The Morgan fingerprint density at radius 2 is 1.96 bits per heavy atom. The minimum Gasteiger partial charge on any atom is -0.438 e. The van der Waals surface area contributed by atoms with Crippen molar-refractivity contribution in [2.75, 3.05) is 4.72 Å². The Balaban J connectivity index is 1.56. The van der Waals surface area contributed by atoms with Gasteiger partial charge in [0.05, 0.1) is 5.69 Å². The fraction of sp³-hybridized carbons (Fsp3) is 0.294. The lowest BCUT2D eigenvalue weighted by molar-refractivity contribution is 0.334. The number of furan rings is 1. The maximum Gasteiger partial charge on any atom is 0.295 e. The Labute approximate surface area is 149 Å². The first-order chi connectivity index (χ1) is 12.4. The lowest BCUT2D eigenvalue weighted by Crippen LogP contribution is -2.12. The molecule has 0 radical (unpaired) electrons. The Morgan fingerprint density at radius 3 is 2.65 bits per heavy atom. The topological polar surface area (TPSA) is 98.2 Å². The summed E-state index contributed by atoms with van der Waals surface area (Å²) >= 11 is 0. The van der Waals surface area contributed by atoms with Crippen molar-refractivity contribution in [1.29, 1.82) is 0 Å². The maximum absolute atomic E-state index is 13.6.